The standard InChI is InChI=1S/C20H14Cl2F6N2O2/c21-14-6-12(5-13(16(14)22)19(23,24)25)18(20(26,27)28)7-15(30-32-18)10-1-3-11(4-2-10)17(31)8-29-9-17/h1-6,29,31H,7-9H2/t18-/m0/s1. The van der Waals surface area contributed by atoms with Crippen LogP contribution >= 0.6 is 23.2 Å². The van der Waals surface area contributed by atoms with E-state index in [0.717, 1.165) is 0 Å². The lowest BCUT2D eigenvalue weighted by molar-refractivity contribution is -0.276. The molecule has 172 valence electrons. The van der Waals surface area contributed by atoms with Crippen LogP contribution in [-0.2, 0) is 22.2 Å². The Morgan fingerprint density at radius 2 is 1.59 bits per heavy atom. The van der Waals surface area contributed by atoms with Crippen LogP contribution < -0.4 is 5.32 Å². The van der Waals surface area contributed by atoms with Gasteiger partial charge < -0.3 is 15.3 Å². The summed E-state index contributed by atoms with van der Waals surface area (Å²) in [7, 11) is 0. The Morgan fingerprint density at radius 3 is 2.09 bits per heavy atom. The van der Waals surface area contributed by atoms with Gasteiger partial charge in [0.1, 0.15) is 5.60 Å². The van der Waals surface area contributed by atoms with Gasteiger partial charge in [-0.05, 0) is 23.3 Å². The molecule has 0 saturated carbocycles. The third-order valence-electron chi connectivity index (χ3n) is 5.58. The van der Waals surface area contributed by atoms with Gasteiger partial charge in [0.25, 0.3) is 5.60 Å². The first-order chi connectivity index (χ1) is 14.8. The van der Waals surface area contributed by atoms with Crippen LogP contribution in [0.5, 0.6) is 0 Å². The Bertz CT molecular complexity index is 1080. The van der Waals surface area contributed by atoms with E-state index in [2.05, 4.69) is 10.5 Å². The van der Waals surface area contributed by atoms with Gasteiger partial charge in [-0.25, -0.2) is 0 Å². The molecule has 0 radical (unpaired) electrons. The molecule has 2 aliphatic heterocycles. The normalized spacial score (nSPS) is 22.8. The van der Waals surface area contributed by atoms with E-state index in [1.54, 1.807) is 12.1 Å². The molecule has 2 aromatic carbocycles. The summed E-state index contributed by atoms with van der Waals surface area (Å²) in [5.74, 6) is 0. The van der Waals surface area contributed by atoms with Crippen LogP contribution in [0, 0.1) is 0 Å². The first-order valence-corrected chi connectivity index (χ1v) is 9.95. The number of hydrogen-bond donors (Lipinski definition) is 2. The molecule has 2 aliphatic rings. The summed E-state index contributed by atoms with van der Waals surface area (Å²) in [6.45, 7) is 0.679. The van der Waals surface area contributed by atoms with Gasteiger partial charge in [-0.1, -0.05) is 52.6 Å². The average Bonchev–Trinajstić information content (AvgIpc) is 3.14. The molecule has 0 aromatic heterocycles. The number of hydrogen-bond acceptors (Lipinski definition) is 4. The molecule has 2 N–H and O–H groups in total. The summed E-state index contributed by atoms with van der Waals surface area (Å²) in [4.78, 5) is 4.79. The minimum atomic E-state index is -5.12. The summed E-state index contributed by atoms with van der Waals surface area (Å²) < 4.78 is 82.3. The predicted molar refractivity (Wildman–Crippen MR) is 105 cm³/mol. The zero-order valence-corrected chi connectivity index (χ0v) is 17.4. The Hall–Kier alpha value is -2.01. The zero-order valence-electron chi connectivity index (χ0n) is 15.9. The van der Waals surface area contributed by atoms with E-state index in [9.17, 15) is 31.4 Å². The number of nitrogens with zero attached hydrogens (tertiary/aromatic N) is 1. The van der Waals surface area contributed by atoms with Crippen LogP contribution in [0.25, 0.3) is 0 Å². The van der Waals surface area contributed by atoms with Gasteiger partial charge in [0.05, 0.1) is 21.3 Å². The number of halogens is 8. The Labute approximate surface area is 187 Å². The van der Waals surface area contributed by atoms with Crippen molar-refractivity contribution < 1.29 is 36.3 Å². The maximum atomic E-state index is 14.1. The largest absolute Gasteiger partial charge is 0.435 e. The molecule has 0 bridgehead atoms. The lowest BCUT2D eigenvalue weighted by atomic mass is 9.84. The molecule has 2 heterocycles. The fourth-order valence-electron chi connectivity index (χ4n) is 3.63. The maximum Gasteiger partial charge on any atom is 0.435 e. The van der Waals surface area contributed by atoms with E-state index in [0.29, 0.717) is 24.7 Å². The van der Waals surface area contributed by atoms with Gasteiger partial charge in [-0.15, -0.1) is 0 Å². The van der Waals surface area contributed by atoms with Crippen molar-refractivity contribution in [3.63, 3.8) is 0 Å². The Morgan fingerprint density at radius 1 is 0.969 bits per heavy atom. The van der Waals surface area contributed by atoms with Crippen LogP contribution in [0.1, 0.15) is 28.7 Å². The molecule has 1 fully saturated rings. The molecule has 0 amide bonds. The van der Waals surface area contributed by atoms with Crippen molar-refractivity contribution in [2.45, 2.75) is 30.0 Å². The Balaban J connectivity index is 1.71. The second-order valence-corrected chi connectivity index (χ2v) is 8.45. The fraction of sp³-hybridized carbons (Fsp3) is 0.350. The smallest absolute Gasteiger partial charge is 0.382 e. The topological polar surface area (TPSA) is 53.9 Å². The summed E-state index contributed by atoms with van der Waals surface area (Å²) in [6, 6.07) is 7.02. The number of β-amino-alcohol motifs (C(OH)–C–C–N with tert-alkyl or cyclic N) is 1. The minimum Gasteiger partial charge on any atom is -0.382 e. The van der Waals surface area contributed by atoms with Gasteiger partial charge in [0, 0.05) is 25.1 Å². The van der Waals surface area contributed by atoms with Crippen molar-refractivity contribution in [1.82, 2.24) is 5.32 Å². The molecular weight excluding hydrogens is 485 g/mol. The number of nitrogens with one attached hydrogen (secondary N) is 1. The third kappa shape index (κ3) is 3.72. The van der Waals surface area contributed by atoms with Crippen molar-refractivity contribution in [2.24, 2.45) is 5.16 Å². The molecule has 2 aromatic rings. The number of benzene rings is 2. The van der Waals surface area contributed by atoms with Crippen LogP contribution in [0.15, 0.2) is 41.6 Å². The van der Waals surface area contributed by atoms with Crippen molar-refractivity contribution in [3.05, 3.63) is 68.7 Å². The second-order valence-electron chi connectivity index (χ2n) is 7.66. The predicted octanol–water partition coefficient (Wildman–Crippen LogP) is 5.39. The van der Waals surface area contributed by atoms with Crippen LogP contribution in [0.4, 0.5) is 26.3 Å². The summed E-state index contributed by atoms with van der Waals surface area (Å²) in [6.07, 6.45) is -11.0. The SMILES string of the molecule is OC1(c2ccc(C3=NO[C@@](c4cc(Cl)c(Cl)c(C(F)(F)F)c4)(C(F)(F)F)C3)cc2)CNC1. The molecule has 1 saturated heterocycles. The molecule has 1 atom stereocenters. The summed E-state index contributed by atoms with van der Waals surface area (Å²) >= 11 is 11.3. The molecule has 4 rings (SSSR count). The molecule has 32 heavy (non-hydrogen) atoms. The molecule has 12 heteroatoms. The third-order valence-corrected chi connectivity index (χ3v) is 6.38. The van der Waals surface area contributed by atoms with E-state index >= 15 is 0 Å². The lowest BCUT2D eigenvalue weighted by Gasteiger charge is -2.38. The van der Waals surface area contributed by atoms with Gasteiger partial charge >= 0.3 is 12.4 Å². The molecule has 0 spiro atoms. The highest BCUT2D eigenvalue weighted by molar-refractivity contribution is 6.42. The van der Waals surface area contributed by atoms with Crippen molar-refractivity contribution in [2.75, 3.05) is 13.1 Å². The minimum absolute atomic E-state index is 0.118. The molecular formula is C20H14Cl2F6N2O2. The van der Waals surface area contributed by atoms with Crippen LogP contribution in [-0.4, -0.2) is 30.1 Å². The average molecular weight is 499 g/mol. The lowest BCUT2D eigenvalue weighted by Crippen LogP contribution is -2.56. The van der Waals surface area contributed by atoms with E-state index in [1.165, 1.54) is 12.1 Å². The van der Waals surface area contributed by atoms with E-state index in [-0.39, 0.29) is 17.3 Å². The van der Waals surface area contributed by atoms with E-state index in [1.807, 2.05) is 0 Å². The Kier molecular flexibility index (Phi) is 5.44. The van der Waals surface area contributed by atoms with Crippen LogP contribution in [0.3, 0.4) is 0 Å². The van der Waals surface area contributed by atoms with Crippen molar-refractivity contribution in [1.29, 1.82) is 0 Å². The van der Waals surface area contributed by atoms with E-state index in [4.69, 9.17) is 28.0 Å². The molecule has 4 nitrogen and oxygen atoms in total. The number of oxime groups is 1. The molecule has 0 aliphatic carbocycles. The van der Waals surface area contributed by atoms with Gasteiger partial charge in [0.15, 0.2) is 0 Å². The fourth-order valence-corrected chi connectivity index (χ4v) is 4.06. The van der Waals surface area contributed by atoms with Gasteiger partial charge in [-0.3, -0.25) is 0 Å². The monoisotopic (exact) mass is 498 g/mol. The first-order valence-electron chi connectivity index (χ1n) is 9.19. The number of aliphatic hydroxyl groups is 1. The highest BCUT2D eigenvalue weighted by Gasteiger charge is 2.63. The molecule has 0 unspecified atom stereocenters. The number of rotatable bonds is 3. The summed E-state index contributed by atoms with van der Waals surface area (Å²) in [5, 5.41) is 15.2. The van der Waals surface area contributed by atoms with Gasteiger partial charge in [-0.2, -0.15) is 26.3 Å². The van der Waals surface area contributed by atoms with Gasteiger partial charge in [0.2, 0.25) is 0 Å². The quantitative estimate of drug-likeness (QED) is 0.558. The zero-order chi connectivity index (χ0) is 23.5. The van der Waals surface area contributed by atoms with Crippen molar-refractivity contribution in [3.8, 4) is 0 Å². The maximum absolute atomic E-state index is 14.1. The highest BCUT2D eigenvalue weighted by atomic mass is 35.5. The highest BCUT2D eigenvalue weighted by Crippen LogP contribution is 2.51. The summed E-state index contributed by atoms with van der Waals surface area (Å²) in [5.41, 5.74) is -5.88. The van der Waals surface area contributed by atoms with Crippen molar-refractivity contribution >= 4 is 28.9 Å². The van der Waals surface area contributed by atoms with E-state index < -0.39 is 51.1 Å². The second kappa shape index (κ2) is 7.51. The number of alkyl halides is 6. The first kappa shape index (κ1) is 23.2. The van der Waals surface area contributed by atoms with Crippen LogP contribution in [0.2, 0.25) is 10.0 Å².